The quantitative estimate of drug-likeness (QED) is 0.639. The molecule has 120 valence electrons. The maximum absolute atomic E-state index is 10.9. The van der Waals surface area contributed by atoms with Crippen LogP contribution in [0.5, 0.6) is 5.88 Å². The van der Waals surface area contributed by atoms with Crippen LogP contribution in [0.3, 0.4) is 0 Å². The summed E-state index contributed by atoms with van der Waals surface area (Å²) in [5.74, 6) is -0.625. The first-order valence-corrected chi connectivity index (χ1v) is 9.41. The van der Waals surface area contributed by atoms with Crippen LogP contribution in [-0.2, 0) is 16.7 Å². The van der Waals surface area contributed by atoms with Gasteiger partial charge in [0.05, 0.1) is 16.3 Å². The van der Waals surface area contributed by atoms with Gasteiger partial charge in [-0.1, -0.05) is 18.2 Å². The predicted molar refractivity (Wildman–Crippen MR) is 93.7 cm³/mol. The van der Waals surface area contributed by atoms with Crippen molar-refractivity contribution >= 4 is 57.2 Å². The van der Waals surface area contributed by atoms with Crippen LogP contribution >= 0.6 is 23.6 Å². The molecule has 2 aromatic rings. The van der Waals surface area contributed by atoms with E-state index in [0.717, 1.165) is 16.8 Å². The summed E-state index contributed by atoms with van der Waals surface area (Å²) in [5, 5.41) is 10.3. The normalized spacial score (nSPS) is 15.3. The molecule has 0 saturated carbocycles. The van der Waals surface area contributed by atoms with Crippen molar-refractivity contribution in [1.29, 1.82) is 0 Å². The molecule has 1 aliphatic rings. The molecule has 0 amide bonds. The lowest BCUT2D eigenvalue weighted by Gasteiger charge is -2.03. The number of hydrogen-bond acceptors (Lipinski definition) is 6. The molecule has 0 bridgehead atoms. The van der Waals surface area contributed by atoms with E-state index in [9.17, 15) is 13.5 Å². The minimum absolute atomic E-state index is 0.103. The summed E-state index contributed by atoms with van der Waals surface area (Å²) < 4.78 is 32.1. The van der Waals surface area contributed by atoms with E-state index >= 15 is 0 Å². The van der Waals surface area contributed by atoms with Gasteiger partial charge in [-0.15, -0.1) is 11.3 Å². The zero-order valence-corrected chi connectivity index (χ0v) is 14.2. The molecule has 0 aliphatic carbocycles. The highest BCUT2D eigenvalue weighted by Crippen LogP contribution is 2.35. The number of aliphatic imine (C=N–C) groups is 1. The van der Waals surface area contributed by atoms with Crippen molar-refractivity contribution in [1.82, 2.24) is 4.57 Å². The summed E-state index contributed by atoms with van der Waals surface area (Å²) in [6.45, 7) is -0.103. The molecule has 6 nitrogen and oxygen atoms in total. The van der Waals surface area contributed by atoms with E-state index in [1.807, 2.05) is 24.3 Å². The monoisotopic (exact) mass is 368 g/mol. The van der Waals surface area contributed by atoms with Crippen molar-refractivity contribution < 1.29 is 18.1 Å². The molecular weight excluding hydrogens is 356 g/mol. The van der Waals surface area contributed by atoms with Crippen molar-refractivity contribution in [2.45, 2.75) is 6.54 Å². The second-order valence-corrected chi connectivity index (χ2v) is 8.12. The first-order chi connectivity index (χ1) is 10.8. The Kier molecular flexibility index (Phi) is 4.19. The molecule has 0 spiro atoms. The van der Waals surface area contributed by atoms with Crippen molar-refractivity contribution in [3.63, 3.8) is 0 Å². The van der Waals surface area contributed by atoms with Crippen molar-refractivity contribution in [2.24, 2.45) is 4.99 Å². The molecule has 0 fully saturated rings. The maximum Gasteiger partial charge on any atom is 0.266 e. The standard InChI is InChI=1S/C14H12N2O4S3/c17-13-12(22-14(21)16(13)5-6-23(18,19)20)7-9-8-15-11-4-2-1-3-10(9)11/h1-4,7-8,17H,5-6H2,(H,18,19,20)/b9-7-. The van der Waals surface area contributed by atoms with Gasteiger partial charge in [0.15, 0.2) is 3.95 Å². The van der Waals surface area contributed by atoms with Gasteiger partial charge in [-0.2, -0.15) is 8.42 Å². The predicted octanol–water partition coefficient (Wildman–Crippen LogP) is 3.13. The van der Waals surface area contributed by atoms with Crippen LogP contribution < -0.4 is 0 Å². The lowest BCUT2D eigenvalue weighted by atomic mass is 10.1. The van der Waals surface area contributed by atoms with E-state index in [0.29, 0.717) is 8.83 Å². The highest BCUT2D eigenvalue weighted by molar-refractivity contribution is 7.85. The number of thiazole rings is 1. The van der Waals surface area contributed by atoms with Crippen LogP contribution in [0.1, 0.15) is 10.4 Å². The molecular formula is C14H12N2O4S3. The number of allylic oxidation sites excluding steroid dienone is 1. The Labute approximate surface area is 141 Å². The van der Waals surface area contributed by atoms with Gasteiger partial charge in [-0.05, 0) is 24.4 Å². The van der Waals surface area contributed by atoms with E-state index in [2.05, 4.69) is 4.99 Å². The van der Waals surface area contributed by atoms with Gasteiger partial charge in [0, 0.05) is 23.9 Å². The first kappa shape index (κ1) is 16.1. The number of nitrogens with zero attached hydrogens (tertiary/aromatic N) is 2. The van der Waals surface area contributed by atoms with E-state index in [-0.39, 0.29) is 12.4 Å². The third kappa shape index (κ3) is 3.42. The molecule has 0 unspecified atom stereocenters. The fraction of sp³-hybridized carbons (Fsp3) is 0.143. The van der Waals surface area contributed by atoms with Crippen molar-refractivity contribution in [2.75, 3.05) is 5.75 Å². The number of para-hydroxylation sites is 1. The van der Waals surface area contributed by atoms with Gasteiger partial charge < -0.3 is 5.11 Å². The minimum atomic E-state index is -4.12. The SMILES string of the molecule is O=S(=O)(O)CCn1c(O)c(/C=C2/C=Nc3ccccc32)sc1=S. The topological polar surface area (TPSA) is 91.9 Å². The fourth-order valence-electron chi connectivity index (χ4n) is 2.21. The number of aromatic nitrogens is 1. The van der Waals surface area contributed by atoms with Crippen molar-refractivity contribution in [3.8, 4) is 5.88 Å². The van der Waals surface area contributed by atoms with Gasteiger partial charge in [0.25, 0.3) is 10.1 Å². The molecule has 0 atom stereocenters. The van der Waals surface area contributed by atoms with Crippen LogP contribution in [0, 0.1) is 3.95 Å². The molecule has 1 aliphatic heterocycles. The summed E-state index contributed by atoms with van der Waals surface area (Å²) in [5.41, 5.74) is 2.65. The number of fused-ring (bicyclic) bond motifs is 1. The van der Waals surface area contributed by atoms with Crippen molar-refractivity contribution in [3.05, 3.63) is 38.7 Å². The Hall–Kier alpha value is -1.81. The van der Waals surface area contributed by atoms with Gasteiger partial charge in [0.2, 0.25) is 5.88 Å². The van der Waals surface area contributed by atoms with E-state index in [1.54, 1.807) is 12.3 Å². The van der Waals surface area contributed by atoms with E-state index < -0.39 is 15.9 Å². The minimum Gasteiger partial charge on any atom is -0.493 e. The Morgan fingerprint density at radius 1 is 1.35 bits per heavy atom. The average molecular weight is 368 g/mol. The molecule has 9 heteroatoms. The molecule has 0 saturated heterocycles. The smallest absolute Gasteiger partial charge is 0.266 e. The number of aromatic hydroxyl groups is 1. The molecule has 2 heterocycles. The Bertz CT molecular complexity index is 984. The third-order valence-corrected chi connectivity index (χ3v) is 5.40. The number of hydrogen-bond donors (Lipinski definition) is 2. The lowest BCUT2D eigenvalue weighted by molar-refractivity contribution is 0.416. The fourth-order valence-corrected chi connectivity index (χ4v) is 3.93. The van der Waals surface area contributed by atoms with Gasteiger partial charge in [0.1, 0.15) is 0 Å². The number of rotatable bonds is 4. The number of benzene rings is 1. The zero-order chi connectivity index (χ0) is 16.6. The Balaban J connectivity index is 1.96. The highest BCUT2D eigenvalue weighted by Gasteiger charge is 2.16. The maximum atomic E-state index is 10.9. The molecule has 0 radical (unpaired) electrons. The first-order valence-electron chi connectivity index (χ1n) is 6.58. The Morgan fingerprint density at radius 3 is 2.83 bits per heavy atom. The van der Waals surface area contributed by atoms with Crippen LogP contribution in [0.2, 0.25) is 0 Å². The summed E-state index contributed by atoms with van der Waals surface area (Å²) in [6.07, 6.45) is 3.46. The largest absolute Gasteiger partial charge is 0.493 e. The van der Waals surface area contributed by atoms with Gasteiger partial charge in [-0.25, -0.2) is 0 Å². The zero-order valence-electron chi connectivity index (χ0n) is 11.7. The van der Waals surface area contributed by atoms with Crippen LogP contribution in [0.4, 0.5) is 5.69 Å². The average Bonchev–Trinajstić information content (AvgIpc) is 2.99. The Morgan fingerprint density at radius 2 is 2.09 bits per heavy atom. The van der Waals surface area contributed by atoms with Crippen LogP contribution in [0.15, 0.2) is 29.3 Å². The summed E-state index contributed by atoms with van der Waals surface area (Å²) >= 11 is 6.32. The lowest BCUT2D eigenvalue weighted by Crippen LogP contribution is -2.11. The summed E-state index contributed by atoms with van der Waals surface area (Å²) in [4.78, 5) is 4.81. The summed E-state index contributed by atoms with van der Waals surface area (Å²) in [6, 6.07) is 7.62. The second kappa shape index (κ2) is 6.00. The molecule has 23 heavy (non-hydrogen) atoms. The van der Waals surface area contributed by atoms with Gasteiger partial charge >= 0.3 is 0 Å². The second-order valence-electron chi connectivity index (χ2n) is 4.87. The third-order valence-electron chi connectivity index (χ3n) is 3.31. The van der Waals surface area contributed by atoms with E-state index in [4.69, 9.17) is 16.8 Å². The summed E-state index contributed by atoms with van der Waals surface area (Å²) in [7, 11) is -4.12. The molecule has 1 aromatic carbocycles. The molecule has 3 rings (SSSR count). The van der Waals surface area contributed by atoms with Gasteiger partial charge in [-0.3, -0.25) is 14.1 Å². The molecule has 2 N–H and O–H groups in total. The van der Waals surface area contributed by atoms with E-state index in [1.165, 1.54) is 15.9 Å². The highest BCUT2D eigenvalue weighted by atomic mass is 32.2. The van der Waals surface area contributed by atoms with Crippen LogP contribution in [-0.4, -0.2) is 34.6 Å². The van der Waals surface area contributed by atoms with Crippen LogP contribution in [0.25, 0.3) is 11.6 Å². The molecule has 1 aromatic heterocycles.